The molecule has 1 aliphatic rings. The van der Waals surface area contributed by atoms with Gasteiger partial charge in [0, 0.05) is 22.8 Å². The maximum absolute atomic E-state index is 9.26. The number of aromatic amines is 1. The Labute approximate surface area is 160 Å². The lowest BCUT2D eigenvalue weighted by molar-refractivity contribution is 0.408. The number of methoxy groups -OCH3 is 1. The molecule has 8 heteroatoms. The SMILES string of the molecule is COc1c(C#N)cnc2c1CC[C@@H]2Nc1ccc2[nH]nc(-c3cnco3)c2c1. The van der Waals surface area contributed by atoms with Crippen LogP contribution in [-0.4, -0.2) is 27.3 Å². The van der Waals surface area contributed by atoms with Crippen molar-refractivity contribution in [2.45, 2.75) is 18.9 Å². The number of pyridine rings is 1. The molecule has 138 valence electrons. The van der Waals surface area contributed by atoms with Crippen LogP contribution in [0.5, 0.6) is 5.75 Å². The Hall–Kier alpha value is -3.86. The van der Waals surface area contributed by atoms with Crippen molar-refractivity contribution in [3.63, 3.8) is 0 Å². The molecular formula is C20H16N6O2. The summed E-state index contributed by atoms with van der Waals surface area (Å²) < 4.78 is 10.9. The van der Waals surface area contributed by atoms with E-state index in [4.69, 9.17) is 9.15 Å². The van der Waals surface area contributed by atoms with Gasteiger partial charge in [-0.2, -0.15) is 10.4 Å². The number of nitrogens with zero attached hydrogens (tertiary/aromatic N) is 4. The van der Waals surface area contributed by atoms with Crippen LogP contribution in [0.25, 0.3) is 22.4 Å². The van der Waals surface area contributed by atoms with Gasteiger partial charge in [-0.1, -0.05) is 0 Å². The maximum Gasteiger partial charge on any atom is 0.181 e. The minimum absolute atomic E-state index is 0.0507. The number of H-pyrrole nitrogens is 1. The van der Waals surface area contributed by atoms with E-state index in [2.05, 4.69) is 31.6 Å². The van der Waals surface area contributed by atoms with Crippen LogP contribution in [0, 0.1) is 11.3 Å². The fourth-order valence-corrected chi connectivity index (χ4v) is 3.80. The van der Waals surface area contributed by atoms with E-state index >= 15 is 0 Å². The van der Waals surface area contributed by atoms with Crippen molar-refractivity contribution in [1.29, 1.82) is 5.26 Å². The summed E-state index contributed by atoms with van der Waals surface area (Å²) in [5.74, 6) is 1.25. The summed E-state index contributed by atoms with van der Waals surface area (Å²) >= 11 is 0. The average molecular weight is 372 g/mol. The van der Waals surface area contributed by atoms with Gasteiger partial charge in [0.15, 0.2) is 12.2 Å². The molecule has 0 bridgehead atoms. The van der Waals surface area contributed by atoms with E-state index in [0.717, 1.165) is 46.4 Å². The smallest absolute Gasteiger partial charge is 0.181 e. The predicted octanol–water partition coefficient (Wildman–Crippen LogP) is 3.59. The van der Waals surface area contributed by atoms with Crippen LogP contribution in [0.15, 0.2) is 41.4 Å². The summed E-state index contributed by atoms with van der Waals surface area (Å²) in [5.41, 5.74) is 5.00. The van der Waals surface area contributed by atoms with Gasteiger partial charge >= 0.3 is 0 Å². The number of anilines is 1. The highest BCUT2D eigenvalue weighted by Gasteiger charge is 2.28. The third-order valence-corrected chi connectivity index (χ3v) is 5.07. The molecule has 0 saturated heterocycles. The van der Waals surface area contributed by atoms with E-state index in [-0.39, 0.29) is 6.04 Å². The van der Waals surface area contributed by atoms with Crippen LogP contribution in [-0.2, 0) is 6.42 Å². The molecular weight excluding hydrogens is 356 g/mol. The van der Waals surface area contributed by atoms with Gasteiger partial charge in [0.25, 0.3) is 0 Å². The molecule has 0 amide bonds. The fraction of sp³-hybridized carbons (Fsp3) is 0.200. The standard InChI is InChI=1S/C20H16N6O2/c1-27-20-11(7-21)8-23-18-13(20)3-5-16(18)24-12-2-4-15-14(6-12)19(26-25-15)17-9-22-10-28-17/h2,4,6,8-10,16,24H,3,5H2,1H3,(H,25,26)/t16-/m0/s1. The van der Waals surface area contributed by atoms with Crippen LogP contribution in [0.4, 0.5) is 5.69 Å². The van der Waals surface area contributed by atoms with E-state index < -0.39 is 0 Å². The number of nitrogens with one attached hydrogen (secondary N) is 2. The van der Waals surface area contributed by atoms with E-state index in [9.17, 15) is 5.26 Å². The number of oxazole rings is 1. The Morgan fingerprint density at radius 3 is 3.07 bits per heavy atom. The summed E-state index contributed by atoms with van der Waals surface area (Å²) in [6, 6.07) is 8.22. The molecule has 1 aromatic carbocycles. The Morgan fingerprint density at radius 1 is 1.36 bits per heavy atom. The number of hydrogen-bond acceptors (Lipinski definition) is 7. The second kappa shape index (κ2) is 6.39. The van der Waals surface area contributed by atoms with Gasteiger partial charge in [-0.25, -0.2) is 4.98 Å². The van der Waals surface area contributed by atoms with Crippen molar-refractivity contribution in [1.82, 2.24) is 20.2 Å². The van der Waals surface area contributed by atoms with Crippen LogP contribution in [0.1, 0.15) is 29.3 Å². The molecule has 28 heavy (non-hydrogen) atoms. The summed E-state index contributed by atoms with van der Waals surface area (Å²) in [6.07, 6.45) is 6.31. The van der Waals surface area contributed by atoms with Crippen LogP contribution < -0.4 is 10.1 Å². The molecule has 2 N–H and O–H groups in total. The van der Waals surface area contributed by atoms with Crippen molar-refractivity contribution in [2.75, 3.05) is 12.4 Å². The minimum atomic E-state index is 0.0507. The monoisotopic (exact) mass is 372 g/mol. The van der Waals surface area contributed by atoms with Gasteiger partial charge in [-0.05, 0) is 31.0 Å². The van der Waals surface area contributed by atoms with Crippen molar-refractivity contribution < 1.29 is 9.15 Å². The van der Waals surface area contributed by atoms with Gasteiger partial charge in [0.05, 0.1) is 30.6 Å². The molecule has 0 saturated carbocycles. The second-order valence-electron chi connectivity index (χ2n) is 6.61. The highest BCUT2D eigenvalue weighted by molar-refractivity contribution is 5.93. The zero-order valence-corrected chi connectivity index (χ0v) is 15.1. The third kappa shape index (κ3) is 2.48. The Kier molecular flexibility index (Phi) is 3.72. The van der Waals surface area contributed by atoms with Crippen LogP contribution >= 0.6 is 0 Å². The lowest BCUT2D eigenvalue weighted by Crippen LogP contribution is -2.09. The first kappa shape index (κ1) is 16.3. The molecule has 8 nitrogen and oxygen atoms in total. The van der Waals surface area contributed by atoms with Crippen LogP contribution in [0.2, 0.25) is 0 Å². The number of ether oxygens (including phenoxy) is 1. The molecule has 0 fully saturated rings. The van der Waals surface area contributed by atoms with Gasteiger partial charge in [-0.15, -0.1) is 0 Å². The Balaban J connectivity index is 1.49. The van der Waals surface area contributed by atoms with Gasteiger partial charge in [-0.3, -0.25) is 10.1 Å². The fourth-order valence-electron chi connectivity index (χ4n) is 3.80. The average Bonchev–Trinajstić information content (AvgIpc) is 3.46. The summed E-state index contributed by atoms with van der Waals surface area (Å²) in [7, 11) is 1.59. The molecule has 0 spiro atoms. The normalized spacial score (nSPS) is 15.4. The van der Waals surface area contributed by atoms with Gasteiger partial charge in [0.1, 0.15) is 23.1 Å². The highest BCUT2D eigenvalue weighted by atomic mass is 16.5. The van der Waals surface area contributed by atoms with Gasteiger partial charge < -0.3 is 14.5 Å². The first-order chi connectivity index (χ1) is 13.8. The van der Waals surface area contributed by atoms with Crippen molar-refractivity contribution in [3.8, 4) is 23.3 Å². The molecule has 1 aliphatic carbocycles. The number of rotatable bonds is 4. The van der Waals surface area contributed by atoms with Crippen molar-refractivity contribution >= 4 is 16.6 Å². The first-order valence-corrected chi connectivity index (χ1v) is 8.88. The van der Waals surface area contributed by atoms with E-state index in [1.54, 1.807) is 19.5 Å². The van der Waals surface area contributed by atoms with E-state index in [0.29, 0.717) is 17.1 Å². The molecule has 3 aromatic heterocycles. The lowest BCUT2D eigenvalue weighted by atomic mass is 10.1. The highest BCUT2D eigenvalue weighted by Crippen LogP contribution is 2.39. The number of fused-ring (bicyclic) bond motifs is 2. The zero-order chi connectivity index (χ0) is 19.1. The summed E-state index contributed by atoms with van der Waals surface area (Å²) in [4.78, 5) is 8.49. The Morgan fingerprint density at radius 2 is 2.29 bits per heavy atom. The van der Waals surface area contributed by atoms with E-state index in [1.165, 1.54) is 6.39 Å². The largest absolute Gasteiger partial charge is 0.495 e. The molecule has 0 radical (unpaired) electrons. The number of hydrogen-bond donors (Lipinski definition) is 2. The van der Waals surface area contributed by atoms with Crippen molar-refractivity contribution in [3.05, 3.63) is 53.8 Å². The second-order valence-corrected chi connectivity index (χ2v) is 6.61. The van der Waals surface area contributed by atoms with Crippen LogP contribution in [0.3, 0.4) is 0 Å². The third-order valence-electron chi connectivity index (χ3n) is 5.07. The lowest BCUT2D eigenvalue weighted by Gasteiger charge is -2.15. The summed E-state index contributed by atoms with van der Waals surface area (Å²) in [6.45, 7) is 0. The number of aromatic nitrogens is 4. The molecule has 1 atom stereocenters. The number of benzene rings is 1. The topological polar surface area (TPSA) is 113 Å². The number of nitriles is 1. The molecule has 0 aliphatic heterocycles. The summed E-state index contributed by atoms with van der Waals surface area (Å²) in [5, 5.41) is 21.1. The van der Waals surface area contributed by atoms with E-state index in [1.807, 2.05) is 18.2 Å². The molecule has 4 aromatic rings. The first-order valence-electron chi connectivity index (χ1n) is 8.88. The minimum Gasteiger partial charge on any atom is -0.495 e. The van der Waals surface area contributed by atoms with Gasteiger partial charge in [0.2, 0.25) is 0 Å². The zero-order valence-electron chi connectivity index (χ0n) is 15.1. The molecule has 3 heterocycles. The molecule has 5 rings (SSSR count). The quantitative estimate of drug-likeness (QED) is 0.563. The molecule has 0 unspecified atom stereocenters. The maximum atomic E-state index is 9.26. The van der Waals surface area contributed by atoms with Crippen molar-refractivity contribution in [2.24, 2.45) is 0 Å². The predicted molar refractivity (Wildman–Crippen MR) is 102 cm³/mol. The Bertz CT molecular complexity index is 1210.